The molecule has 1 aromatic carbocycles. The molecule has 0 aliphatic rings. The molecule has 2 aromatic rings. The number of unbranched alkanes of at least 4 members (excludes halogenated alkanes) is 2. The molecule has 0 saturated carbocycles. The summed E-state index contributed by atoms with van der Waals surface area (Å²) < 4.78 is 6.34. The average Bonchev–Trinajstić information content (AvgIpc) is 2.91. The monoisotopic (exact) mass is 355 g/mol. The molecule has 2 rings (SSSR count). The molecule has 0 unspecified atom stereocenters. The third kappa shape index (κ3) is 4.92. The van der Waals surface area contributed by atoms with Gasteiger partial charge in [0, 0.05) is 15.8 Å². The standard InChI is InChI=1S/C14H18BrN3OS/c15-11-6-3-4-7-12(11)20-10-13-17-14(19-18-13)8-2-1-5-9-16/h3-4,6-7H,1-2,5,8-10,16H2. The lowest BCUT2D eigenvalue weighted by molar-refractivity contribution is 0.370. The van der Waals surface area contributed by atoms with Crippen molar-refractivity contribution in [2.45, 2.75) is 36.3 Å². The lowest BCUT2D eigenvalue weighted by atomic mass is 10.2. The molecule has 0 bridgehead atoms. The van der Waals surface area contributed by atoms with Crippen LogP contribution in [0.4, 0.5) is 0 Å². The second kappa shape index (κ2) is 8.44. The first-order chi connectivity index (χ1) is 9.79. The summed E-state index contributed by atoms with van der Waals surface area (Å²) in [5.41, 5.74) is 5.46. The van der Waals surface area contributed by atoms with Crippen LogP contribution in [0.5, 0.6) is 0 Å². The van der Waals surface area contributed by atoms with Gasteiger partial charge in [-0.2, -0.15) is 4.98 Å². The average molecular weight is 356 g/mol. The van der Waals surface area contributed by atoms with Crippen LogP contribution >= 0.6 is 27.7 Å². The van der Waals surface area contributed by atoms with E-state index in [1.165, 1.54) is 4.90 Å². The Morgan fingerprint density at radius 1 is 1.20 bits per heavy atom. The highest BCUT2D eigenvalue weighted by Crippen LogP contribution is 2.28. The van der Waals surface area contributed by atoms with Crippen molar-refractivity contribution < 1.29 is 4.52 Å². The quantitative estimate of drug-likeness (QED) is 0.576. The number of hydrogen-bond acceptors (Lipinski definition) is 5. The third-order valence-corrected chi connectivity index (χ3v) is 4.82. The fourth-order valence-corrected chi connectivity index (χ4v) is 3.16. The number of nitrogens with zero attached hydrogens (tertiary/aromatic N) is 2. The molecular formula is C14H18BrN3OS. The molecular weight excluding hydrogens is 338 g/mol. The third-order valence-electron chi connectivity index (χ3n) is 2.80. The van der Waals surface area contributed by atoms with Crippen molar-refractivity contribution in [3.05, 3.63) is 40.5 Å². The first-order valence-electron chi connectivity index (χ1n) is 6.68. The number of rotatable bonds is 8. The van der Waals surface area contributed by atoms with E-state index in [1.807, 2.05) is 18.2 Å². The van der Waals surface area contributed by atoms with Gasteiger partial charge in [0.25, 0.3) is 0 Å². The van der Waals surface area contributed by atoms with Gasteiger partial charge in [0.2, 0.25) is 5.89 Å². The zero-order chi connectivity index (χ0) is 14.2. The van der Waals surface area contributed by atoms with Gasteiger partial charge >= 0.3 is 0 Å². The number of halogens is 1. The molecule has 4 nitrogen and oxygen atoms in total. The van der Waals surface area contributed by atoms with Gasteiger partial charge in [0.1, 0.15) is 0 Å². The SMILES string of the molecule is NCCCCCc1nc(CSc2ccccc2Br)no1. The molecule has 0 spiro atoms. The number of aryl methyl sites for hydroxylation is 1. The van der Waals surface area contributed by atoms with E-state index in [-0.39, 0.29) is 0 Å². The van der Waals surface area contributed by atoms with Crippen molar-refractivity contribution in [3.63, 3.8) is 0 Å². The molecule has 2 N–H and O–H groups in total. The Morgan fingerprint density at radius 2 is 2.05 bits per heavy atom. The molecule has 0 fully saturated rings. The summed E-state index contributed by atoms with van der Waals surface area (Å²) in [7, 11) is 0. The fourth-order valence-electron chi connectivity index (χ4n) is 1.75. The molecule has 0 radical (unpaired) electrons. The summed E-state index contributed by atoms with van der Waals surface area (Å²) in [6.45, 7) is 0.748. The van der Waals surface area contributed by atoms with Crippen LogP contribution in [-0.2, 0) is 12.2 Å². The summed E-state index contributed by atoms with van der Waals surface area (Å²) in [5, 5.41) is 4.01. The maximum atomic E-state index is 5.46. The number of hydrogen-bond donors (Lipinski definition) is 1. The minimum atomic E-state index is 0.717. The summed E-state index contributed by atoms with van der Waals surface area (Å²) in [5.74, 6) is 2.19. The number of thioether (sulfide) groups is 1. The Hall–Kier alpha value is -0.850. The van der Waals surface area contributed by atoms with Crippen molar-refractivity contribution >= 4 is 27.7 Å². The van der Waals surface area contributed by atoms with Crippen molar-refractivity contribution in [1.82, 2.24) is 10.1 Å². The van der Waals surface area contributed by atoms with Crippen LogP contribution in [0.3, 0.4) is 0 Å². The fraction of sp³-hybridized carbons (Fsp3) is 0.429. The van der Waals surface area contributed by atoms with Gasteiger partial charge in [0.05, 0.1) is 5.75 Å². The van der Waals surface area contributed by atoms with Gasteiger partial charge in [-0.3, -0.25) is 0 Å². The Labute approximate surface area is 131 Å². The van der Waals surface area contributed by atoms with E-state index in [1.54, 1.807) is 11.8 Å². The van der Waals surface area contributed by atoms with Crippen molar-refractivity contribution in [3.8, 4) is 0 Å². The maximum absolute atomic E-state index is 5.46. The lowest BCUT2D eigenvalue weighted by Gasteiger charge is -2.00. The van der Waals surface area contributed by atoms with Crippen LogP contribution in [-0.4, -0.2) is 16.7 Å². The Kier molecular flexibility index (Phi) is 6.56. The zero-order valence-electron chi connectivity index (χ0n) is 11.2. The highest BCUT2D eigenvalue weighted by molar-refractivity contribution is 9.10. The van der Waals surface area contributed by atoms with Gasteiger partial charge in [-0.1, -0.05) is 23.7 Å². The van der Waals surface area contributed by atoms with Gasteiger partial charge in [-0.15, -0.1) is 11.8 Å². The Balaban J connectivity index is 1.79. The molecule has 6 heteroatoms. The van der Waals surface area contributed by atoms with E-state index in [9.17, 15) is 0 Å². The van der Waals surface area contributed by atoms with E-state index in [0.29, 0.717) is 0 Å². The van der Waals surface area contributed by atoms with Crippen molar-refractivity contribution in [2.24, 2.45) is 5.73 Å². The van der Waals surface area contributed by atoms with Gasteiger partial charge in [-0.25, -0.2) is 0 Å². The van der Waals surface area contributed by atoms with E-state index < -0.39 is 0 Å². The van der Waals surface area contributed by atoms with Crippen LogP contribution in [0.25, 0.3) is 0 Å². The van der Waals surface area contributed by atoms with Gasteiger partial charge in [0.15, 0.2) is 5.82 Å². The van der Waals surface area contributed by atoms with Crippen molar-refractivity contribution in [2.75, 3.05) is 6.54 Å². The van der Waals surface area contributed by atoms with Crippen LogP contribution in [0.2, 0.25) is 0 Å². The van der Waals surface area contributed by atoms with Crippen LogP contribution in [0.1, 0.15) is 31.0 Å². The lowest BCUT2D eigenvalue weighted by Crippen LogP contribution is -1.98. The van der Waals surface area contributed by atoms with E-state index >= 15 is 0 Å². The highest BCUT2D eigenvalue weighted by Gasteiger charge is 2.07. The summed E-state index contributed by atoms with van der Waals surface area (Å²) >= 11 is 5.23. The van der Waals surface area contributed by atoms with Gasteiger partial charge in [-0.05, 0) is 47.4 Å². The first-order valence-corrected chi connectivity index (χ1v) is 8.46. The molecule has 20 heavy (non-hydrogen) atoms. The Morgan fingerprint density at radius 3 is 2.85 bits per heavy atom. The van der Waals surface area contributed by atoms with Crippen LogP contribution in [0.15, 0.2) is 38.2 Å². The summed E-state index contributed by atoms with van der Waals surface area (Å²) in [6, 6.07) is 8.12. The summed E-state index contributed by atoms with van der Waals surface area (Å²) in [4.78, 5) is 5.59. The summed E-state index contributed by atoms with van der Waals surface area (Å²) in [6.07, 6.45) is 4.06. The second-order valence-corrected chi connectivity index (χ2v) is 6.29. The predicted octanol–water partition coefficient (Wildman–Crippen LogP) is 3.80. The first kappa shape index (κ1) is 15.5. The largest absolute Gasteiger partial charge is 0.339 e. The maximum Gasteiger partial charge on any atom is 0.226 e. The predicted molar refractivity (Wildman–Crippen MR) is 84.6 cm³/mol. The molecule has 0 atom stereocenters. The molecule has 108 valence electrons. The highest BCUT2D eigenvalue weighted by atomic mass is 79.9. The molecule has 0 aliphatic carbocycles. The van der Waals surface area contributed by atoms with Gasteiger partial charge < -0.3 is 10.3 Å². The Bertz CT molecular complexity index is 533. The smallest absolute Gasteiger partial charge is 0.226 e. The van der Waals surface area contributed by atoms with E-state index in [2.05, 4.69) is 32.1 Å². The number of benzene rings is 1. The molecule has 1 heterocycles. The van der Waals surface area contributed by atoms with E-state index in [4.69, 9.17) is 10.3 Å². The van der Waals surface area contributed by atoms with E-state index in [0.717, 1.165) is 54.2 Å². The molecule has 0 saturated heterocycles. The minimum Gasteiger partial charge on any atom is -0.339 e. The number of aromatic nitrogens is 2. The number of nitrogens with two attached hydrogens (primary N) is 1. The zero-order valence-corrected chi connectivity index (χ0v) is 13.6. The van der Waals surface area contributed by atoms with Crippen molar-refractivity contribution in [1.29, 1.82) is 0 Å². The molecule has 1 aromatic heterocycles. The van der Waals surface area contributed by atoms with Crippen LogP contribution < -0.4 is 5.73 Å². The molecule has 0 amide bonds. The minimum absolute atomic E-state index is 0.717. The molecule has 0 aliphatic heterocycles. The second-order valence-electron chi connectivity index (χ2n) is 4.42. The normalized spacial score (nSPS) is 10.9. The van der Waals surface area contributed by atoms with Crippen LogP contribution in [0, 0.1) is 0 Å². The topological polar surface area (TPSA) is 64.9 Å².